The van der Waals surface area contributed by atoms with Crippen LogP contribution in [0.15, 0.2) is 40.8 Å². The summed E-state index contributed by atoms with van der Waals surface area (Å²) in [6.45, 7) is 1.38. The molecule has 3 aromatic rings. The van der Waals surface area contributed by atoms with E-state index in [1.54, 1.807) is 18.2 Å². The van der Waals surface area contributed by atoms with Crippen molar-refractivity contribution in [3.63, 3.8) is 0 Å². The van der Waals surface area contributed by atoms with Crippen molar-refractivity contribution in [1.29, 1.82) is 0 Å². The molecule has 0 unspecified atom stereocenters. The van der Waals surface area contributed by atoms with E-state index in [2.05, 4.69) is 15.6 Å². The van der Waals surface area contributed by atoms with E-state index in [-0.39, 0.29) is 28.2 Å². The van der Waals surface area contributed by atoms with Gasteiger partial charge < -0.3 is 9.73 Å². The molecule has 2 amide bonds. The molecule has 0 fully saturated rings. The summed E-state index contributed by atoms with van der Waals surface area (Å²) in [6, 6.07) is 8.27. The number of anilines is 2. The predicted octanol–water partition coefficient (Wildman–Crippen LogP) is 3.60. The third-order valence-electron chi connectivity index (χ3n) is 3.34. The van der Waals surface area contributed by atoms with Gasteiger partial charge in [-0.05, 0) is 18.2 Å². The smallest absolute Gasteiger partial charge is 0.302 e. The quantitative estimate of drug-likeness (QED) is 0.530. The van der Waals surface area contributed by atoms with Crippen molar-refractivity contribution in [3.8, 4) is 0 Å². The van der Waals surface area contributed by atoms with Crippen LogP contribution >= 0.6 is 11.6 Å². The number of fused-ring (bicyclic) bond motifs is 1. The van der Waals surface area contributed by atoms with E-state index in [1.807, 2.05) is 0 Å². The molecule has 0 aliphatic carbocycles. The third kappa shape index (κ3) is 3.62. The Morgan fingerprint density at radius 3 is 2.62 bits per heavy atom. The molecule has 10 heteroatoms. The van der Waals surface area contributed by atoms with Crippen LogP contribution in [-0.2, 0) is 4.79 Å². The lowest BCUT2D eigenvalue weighted by Crippen LogP contribution is -2.12. The molecule has 0 radical (unpaired) electrons. The van der Waals surface area contributed by atoms with Crippen molar-refractivity contribution in [1.82, 2.24) is 4.98 Å². The Morgan fingerprint density at radius 1 is 1.19 bits per heavy atom. The number of hydrogen-bond acceptors (Lipinski definition) is 6. The van der Waals surface area contributed by atoms with Crippen LogP contribution in [0.2, 0.25) is 5.02 Å². The summed E-state index contributed by atoms with van der Waals surface area (Å²) in [6.07, 6.45) is 0. The molecule has 0 saturated carbocycles. The highest BCUT2D eigenvalue weighted by Gasteiger charge is 2.17. The van der Waals surface area contributed by atoms with Gasteiger partial charge >= 0.3 is 6.01 Å². The maximum absolute atomic E-state index is 12.3. The van der Waals surface area contributed by atoms with Gasteiger partial charge in [-0.25, -0.2) is 0 Å². The highest BCUT2D eigenvalue weighted by Crippen LogP contribution is 2.25. The highest BCUT2D eigenvalue weighted by molar-refractivity contribution is 6.34. The molecular formula is C16H11ClN4O5. The van der Waals surface area contributed by atoms with E-state index in [4.69, 9.17) is 16.0 Å². The lowest BCUT2D eigenvalue weighted by Gasteiger charge is -2.03. The number of hydrogen-bond donors (Lipinski definition) is 2. The van der Waals surface area contributed by atoms with Gasteiger partial charge in [0.1, 0.15) is 5.52 Å². The van der Waals surface area contributed by atoms with Crippen molar-refractivity contribution < 1.29 is 18.9 Å². The average molecular weight is 375 g/mol. The summed E-state index contributed by atoms with van der Waals surface area (Å²) in [5.41, 5.74) is 1.18. The Bertz CT molecular complexity index is 1050. The van der Waals surface area contributed by atoms with E-state index in [0.717, 1.165) is 6.07 Å². The Morgan fingerprint density at radius 2 is 1.96 bits per heavy atom. The van der Waals surface area contributed by atoms with Crippen LogP contribution < -0.4 is 10.6 Å². The third-order valence-corrected chi connectivity index (χ3v) is 3.65. The Balaban J connectivity index is 1.83. The van der Waals surface area contributed by atoms with Gasteiger partial charge in [0.2, 0.25) is 5.91 Å². The molecule has 132 valence electrons. The highest BCUT2D eigenvalue weighted by atomic mass is 35.5. The van der Waals surface area contributed by atoms with E-state index >= 15 is 0 Å². The largest absolute Gasteiger partial charge is 0.423 e. The maximum Gasteiger partial charge on any atom is 0.302 e. The second-order valence-corrected chi connectivity index (χ2v) is 5.67. The summed E-state index contributed by atoms with van der Waals surface area (Å²) in [4.78, 5) is 37.6. The monoisotopic (exact) mass is 374 g/mol. The molecule has 26 heavy (non-hydrogen) atoms. The summed E-state index contributed by atoms with van der Waals surface area (Å²) in [5, 5.41) is 15.7. The first-order chi connectivity index (χ1) is 12.3. The van der Waals surface area contributed by atoms with Crippen molar-refractivity contribution in [3.05, 3.63) is 57.1 Å². The fourth-order valence-electron chi connectivity index (χ4n) is 2.23. The van der Waals surface area contributed by atoms with Gasteiger partial charge in [0.05, 0.1) is 15.5 Å². The summed E-state index contributed by atoms with van der Waals surface area (Å²) in [7, 11) is 0. The molecule has 9 nitrogen and oxygen atoms in total. The van der Waals surface area contributed by atoms with E-state index in [9.17, 15) is 19.7 Å². The van der Waals surface area contributed by atoms with Gasteiger partial charge in [-0.3, -0.25) is 25.0 Å². The van der Waals surface area contributed by atoms with Gasteiger partial charge in [0.15, 0.2) is 5.58 Å². The molecule has 2 aromatic carbocycles. The maximum atomic E-state index is 12.3. The Kier molecular flexibility index (Phi) is 4.55. The van der Waals surface area contributed by atoms with Crippen molar-refractivity contribution in [2.45, 2.75) is 6.92 Å². The standard InChI is InChI=1S/C16H11ClN4O5/c1-8(22)18-9-2-5-13-14(6-9)26-16(19-13)20-15(23)11-4-3-10(21(24)25)7-12(11)17/h2-7H,1H3,(H,18,22)(H,19,20,23). The lowest BCUT2D eigenvalue weighted by molar-refractivity contribution is -0.384. The molecule has 1 aromatic heterocycles. The van der Waals surface area contributed by atoms with Crippen LogP contribution in [0.1, 0.15) is 17.3 Å². The van der Waals surface area contributed by atoms with Crippen LogP contribution in [0.5, 0.6) is 0 Å². The van der Waals surface area contributed by atoms with Crippen LogP contribution in [0, 0.1) is 10.1 Å². The number of halogens is 1. The van der Waals surface area contributed by atoms with E-state index in [1.165, 1.54) is 19.1 Å². The van der Waals surface area contributed by atoms with Crippen LogP contribution in [0.25, 0.3) is 11.1 Å². The molecule has 2 N–H and O–H groups in total. The number of nitrogens with one attached hydrogen (secondary N) is 2. The first-order valence-electron chi connectivity index (χ1n) is 7.27. The Labute approximate surface area is 151 Å². The first kappa shape index (κ1) is 17.4. The number of benzene rings is 2. The summed E-state index contributed by atoms with van der Waals surface area (Å²) < 4.78 is 5.44. The summed E-state index contributed by atoms with van der Waals surface area (Å²) in [5.74, 6) is -0.858. The minimum absolute atomic E-state index is 0.0402. The molecule has 0 spiro atoms. The minimum Gasteiger partial charge on any atom is -0.423 e. The molecular weight excluding hydrogens is 364 g/mol. The number of carbonyl (C=O) groups is 2. The Hall–Kier alpha value is -3.46. The fraction of sp³-hybridized carbons (Fsp3) is 0.0625. The number of nitro benzene ring substituents is 1. The fourth-order valence-corrected chi connectivity index (χ4v) is 2.49. The lowest BCUT2D eigenvalue weighted by atomic mass is 10.2. The van der Waals surface area contributed by atoms with Crippen LogP contribution in [0.3, 0.4) is 0 Å². The molecule has 0 saturated heterocycles. The van der Waals surface area contributed by atoms with Gasteiger partial charge in [0, 0.05) is 30.8 Å². The first-order valence-corrected chi connectivity index (χ1v) is 7.65. The van der Waals surface area contributed by atoms with Crippen molar-refractivity contribution in [2.24, 2.45) is 0 Å². The second-order valence-electron chi connectivity index (χ2n) is 5.26. The van der Waals surface area contributed by atoms with E-state index in [0.29, 0.717) is 16.8 Å². The molecule has 0 bridgehead atoms. The minimum atomic E-state index is -0.626. The van der Waals surface area contributed by atoms with Gasteiger partial charge in [-0.15, -0.1) is 0 Å². The normalized spacial score (nSPS) is 10.5. The molecule has 0 aliphatic rings. The number of rotatable bonds is 4. The molecule has 0 aliphatic heterocycles. The van der Waals surface area contributed by atoms with Crippen molar-refractivity contribution >= 4 is 51.9 Å². The number of amides is 2. The van der Waals surface area contributed by atoms with E-state index < -0.39 is 10.8 Å². The number of oxazole rings is 1. The van der Waals surface area contributed by atoms with Crippen LogP contribution in [-0.4, -0.2) is 21.7 Å². The van der Waals surface area contributed by atoms with Gasteiger partial charge in [-0.1, -0.05) is 11.6 Å². The van der Waals surface area contributed by atoms with Crippen LogP contribution in [0.4, 0.5) is 17.4 Å². The SMILES string of the molecule is CC(=O)Nc1ccc2nc(NC(=O)c3ccc([N+](=O)[O-])cc3Cl)oc2c1. The van der Waals surface area contributed by atoms with Crippen molar-refractivity contribution in [2.75, 3.05) is 10.6 Å². The number of nitrogens with zero attached hydrogens (tertiary/aromatic N) is 2. The zero-order valence-electron chi connectivity index (χ0n) is 13.3. The zero-order valence-corrected chi connectivity index (χ0v) is 14.0. The zero-order chi connectivity index (χ0) is 18.8. The number of nitro groups is 1. The average Bonchev–Trinajstić information content (AvgIpc) is 2.95. The number of aromatic nitrogens is 1. The summed E-state index contributed by atoms with van der Waals surface area (Å²) >= 11 is 5.93. The molecule has 1 heterocycles. The van der Waals surface area contributed by atoms with Gasteiger partial charge in [-0.2, -0.15) is 4.98 Å². The predicted molar refractivity (Wildman–Crippen MR) is 94.4 cm³/mol. The molecule has 0 atom stereocenters. The number of non-ortho nitro benzene ring substituents is 1. The van der Waals surface area contributed by atoms with Gasteiger partial charge in [0.25, 0.3) is 11.6 Å². The molecule has 3 rings (SSSR count). The topological polar surface area (TPSA) is 127 Å². The second kappa shape index (κ2) is 6.81. The number of carbonyl (C=O) groups excluding carboxylic acids is 2.